The topological polar surface area (TPSA) is 93.7 Å². The second kappa shape index (κ2) is 9.96. The van der Waals surface area contributed by atoms with E-state index in [0.29, 0.717) is 17.7 Å². The first-order valence-electron chi connectivity index (χ1n) is 8.50. The van der Waals surface area contributed by atoms with Crippen LogP contribution >= 0.6 is 0 Å². The van der Waals surface area contributed by atoms with Crippen molar-refractivity contribution >= 4 is 23.7 Å². The Balaban J connectivity index is 1.98. The van der Waals surface area contributed by atoms with Gasteiger partial charge in [0.2, 0.25) is 0 Å². The molecule has 0 aliphatic heterocycles. The normalized spacial score (nSPS) is 11.2. The van der Waals surface area contributed by atoms with E-state index in [4.69, 9.17) is 9.47 Å². The molecule has 0 fully saturated rings. The average Bonchev–Trinajstić information content (AvgIpc) is 2.68. The second-order valence-electron chi connectivity index (χ2n) is 5.66. The molecule has 2 rings (SSSR count). The molecule has 7 nitrogen and oxygen atoms in total. The van der Waals surface area contributed by atoms with E-state index in [-0.39, 0.29) is 6.61 Å². The molecule has 0 aromatic heterocycles. The lowest BCUT2D eigenvalue weighted by molar-refractivity contribution is -0.142. The van der Waals surface area contributed by atoms with E-state index >= 15 is 0 Å². The number of methoxy groups -OCH3 is 1. The number of nitrogens with one attached hydrogen (secondary N) is 2. The molecule has 27 heavy (non-hydrogen) atoms. The Labute approximate surface area is 157 Å². The number of benzene rings is 2. The van der Waals surface area contributed by atoms with Gasteiger partial charge in [0.05, 0.1) is 19.3 Å². The van der Waals surface area contributed by atoms with Crippen LogP contribution in [0.15, 0.2) is 54.6 Å². The van der Waals surface area contributed by atoms with Crippen molar-refractivity contribution < 1.29 is 23.9 Å². The zero-order valence-corrected chi connectivity index (χ0v) is 15.2. The van der Waals surface area contributed by atoms with Gasteiger partial charge >= 0.3 is 18.0 Å². The summed E-state index contributed by atoms with van der Waals surface area (Å²) < 4.78 is 9.67. The lowest BCUT2D eigenvalue weighted by atomic mass is 10.1. The van der Waals surface area contributed by atoms with Crippen LogP contribution in [-0.4, -0.2) is 37.7 Å². The fourth-order valence-corrected chi connectivity index (χ4v) is 2.41. The molecule has 0 saturated carbocycles. The smallest absolute Gasteiger partial charge is 0.338 e. The monoisotopic (exact) mass is 370 g/mol. The minimum absolute atomic E-state index is 0.289. The SMILES string of the molecule is CCOC(=O)c1ccc(NC(=O)NC(Cc2ccccc2)C(=O)OC)cc1. The van der Waals surface area contributed by atoms with E-state index in [1.807, 2.05) is 30.3 Å². The maximum absolute atomic E-state index is 12.2. The van der Waals surface area contributed by atoms with Gasteiger partial charge in [0.15, 0.2) is 0 Å². The van der Waals surface area contributed by atoms with E-state index in [1.165, 1.54) is 7.11 Å². The van der Waals surface area contributed by atoms with Gasteiger partial charge in [-0.3, -0.25) is 0 Å². The maximum Gasteiger partial charge on any atom is 0.338 e. The Morgan fingerprint density at radius 3 is 2.26 bits per heavy atom. The summed E-state index contributed by atoms with van der Waals surface area (Å²) in [6.45, 7) is 2.02. The fourth-order valence-electron chi connectivity index (χ4n) is 2.41. The van der Waals surface area contributed by atoms with Crippen molar-refractivity contribution in [2.24, 2.45) is 0 Å². The van der Waals surface area contributed by atoms with Crippen LogP contribution in [0.25, 0.3) is 0 Å². The zero-order valence-electron chi connectivity index (χ0n) is 15.2. The van der Waals surface area contributed by atoms with Crippen molar-refractivity contribution in [3.05, 3.63) is 65.7 Å². The van der Waals surface area contributed by atoms with Gasteiger partial charge in [0, 0.05) is 12.1 Å². The van der Waals surface area contributed by atoms with Crippen molar-refractivity contribution in [1.82, 2.24) is 5.32 Å². The first kappa shape index (κ1) is 20.0. The molecule has 0 heterocycles. The van der Waals surface area contributed by atoms with Crippen molar-refractivity contribution in [3.8, 4) is 0 Å². The van der Waals surface area contributed by atoms with Gasteiger partial charge in [-0.05, 0) is 36.8 Å². The molecule has 2 aromatic rings. The Morgan fingerprint density at radius 1 is 1.00 bits per heavy atom. The van der Waals surface area contributed by atoms with E-state index in [9.17, 15) is 14.4 Å². The second-order valence-corrected chi connectivity index (χ2v) is 5.66. The van der Waals surface area contributed by atoms with E-state index in [0.717, 1.165) is 5.56 Å². The molecule has 2 amide bonds. The summed E-state index contributed by atoms with van der Waals surface area (Å²) in [5.74, 6) is -0.964. The lowest BCUT2D eigenvalue weighted by Crippen LogP contribution is -2.45. The van der Waals surface area contributed by atoms with E-state index in [2.05, 4.69) is 10.6 Å². The molecule has 0 bridgehead atoms. The van der Waals surface area contributed by atoms with Gasteiger partial charge in [-0.2, -0.15) is 0 Å². The zero-order chi connectivity index (χ0) is 19.6. The van der Waals surface area contributed by atoms with Gasteiger partial charge in [-0.15, -0.1) is 0 Å². The Bertz CT molecular complexity index is 775. The standard InChI is InChI=1S/C20H22N2O5/c1-3-27-18(23)15-9-11-16(12-10-15)21-20(25)22-17(19(24)26-2)13-14-7-5-4-6-8-14/h4-12,17H,3,13H2,1-2H3,(H2,21,22,25). The van der Waals surface area contributed by atoms with Crippen LogP contribution in [0, 0.1) is 0 Å². The van der Waals surface area contributed by atoms with Gasteiger partial charge in [-0.1, -0.05) is 30.3 Å². The summed E-state index contributed by atoms with van der Waals surface area (Å²) in [5, 5.41) is 5.23. The van der Waals surface area contributed by atoms with Crippen molar-refractivity contribution in [2.75, 3.05) is 19.0 Å². The number of ether oxygens (including phenoxy) is 2. The number of anilines is 1. The Hall–Kier alpha value is -3.35. The largest absolute Gasteiger partial charge is 0.467 e. The molecule has 1 unspecified atom stereocenters. The molecule has 2 N–H and O–H groups in total. The minimum atomic E-state index is -0.823. The van der Waals surface area contributed by atoms with E-state index < -0.39 is 24.0 Å². The van der Waals surface area contributed by atoms with Crippen LogP contribution in [0.2, 0.25) is 0 Å². The molecule has 1 atom stereocenters. The predicted molar refractivity (Wildman–Crippen MR) is 101 cm³/mol. The molecular formula is C20H22N2O5. The van der Waals surface area contributed by atoms with Gasteiger partial charge in [-0.25, -0.2) is 14.4 Å². The van der Waals surface area contributed by atoms with Crippen LogP contribution in [0.3, 0.4) is 0 Å². The highest BCUT2D eigenvalue weighted by Gasteiger charge is 2.22. The summed E-state index contributed by atoms with van der Waals surface area (Å²) in [6, 6.07) is 14.2. The highest BCUT2D eigenvalue weighted by Crippen LogP contribution is 2.11. The third-order valence-electron chi connectivity index (χ3n) is 3.73. The summed E-state index contributed by atoms with van der Waals surface area (Å²) in [7, 11) is 1.27. The third kappa shape index (κ3) is 6.14. The average molecular weight is 370 g/mol. The van der Waals surface area contributed by atoms with Crippen LogP contribution in [-0.2, 0) is 20.7 Å². The number of amides is 2. The summed E-state index contributed by atoms with van der Waals surface area (Å²) in [4.78, 5) is 35.8. The van der Waals surface area contributed by atoms with Crippen LogP contribution in [0.4, 0.5) is 10.5 Å². The highest BCUT2D eigenvalue weighted by molar-refractivity contribution is 5.94. The predicted octanol–water partition coefficient (Wildman–Crippen LogP) is 2.77. The van der Waals surface area contributed by atoms with Gasteiger partial charge < -0.3 is 20.1 Å². The molecule has 0 aliphatic rings. The molecular weight excluding hydrogens is 348 g/mol. The maximum atomic E-state index is 12.2. The summed E-state index contributed by atoms with van der Waals surface area (Å²) >= 11 is 0. The molecule has 2 aromatic carbocycles. The van der Waals surface area contributed by atoms with Crippen molar-refractivity contribution in [2.45, 2.75) is 19.4 Å². The molecule has 0 radical (unpaired) electrons. The number of hydrogen-bond acceptors (Lipinski definition) is 5. The molecule has 0 aliphatic carbocycles. The van der Waals surface area contributed by atoms with Crippen LogP contribution in [0.1, 0.15) is 22.8 Å². The van der Waals surface area contributed by atoms with Crippen molar-refractivity contribution in [3.63, 3.8) is 0 Å². The Morgan fingerprint density at radius 2 is 1.67 bits per heavy atom. The molecule has 7 heteroatoms. The first-order valence-corrected chi connectivity index (χ1v) is 8.50. The summed E-state index contributed by atoms with van der Waals surface area (Å²) in [5.41, 5.74) is 1.76. The minimum Gasteiger partial charge on any atom is -0.467 e. The fraction of sp³-hybridized carbons (Fsp3) is 0.250. The number of esters is 2. The third-order valence-corrected chi connectivity index (χ3v) is 3.73. The highest BCUT2D eigenvalue weighted by atomic mass is 16.5. The molecule has 0 spiro atoms. The quantitative estimate of drug-likeness (QED) is 0.731. The first-order chi connectivity index (χ1) is 13.0. The van der Waals surface area contributed by atoms with Gasteiger partial charge in [0.1, 0.15) is 6.04 Å². The number of hydrogen-bond donors (Lipinski definition) is 2. The van der Waals surface area contributed by atoms with E-state index in [1.54, 1.807) is 31.2 Å². The van der Waals surface area contributed by atoms with Crippen LogP contribution in [0.5, 0.6) is 0 Å². The van der Waals surface area contributed by atoms with Crippen molar-refractivity contribution in [1.29, 1.82) is 0 Å². The summed E-state index contributed by atoms with van der Waals surface area (Å²) in [6.07, 6.45) is 0.308. The molecule has 0 saturated heterocycles. The number of carbonyl (C=O) groups excluding carboxylic acids is 3. The number of urea groups is 1. The number of rotatable bonds is 7. The Kier molecular flexibility index (Phi) is 7.37. The molecule has 142 valence electrons. The van der Waals surface area contributed by atoms with Crippen LogP contribution < -0.4 is 10.6 Å². The lowest BCUT2D eigenvalue weighted by Gasteiger charge is -2.17. The van der Waals surface area contributed by atoms with Gasteiger partial charge in [0.25, 0.3) is 0 Å². The number of carbonyl (C=O) groups is 3.